The Morgan fingerprint density at radius 2 is 2.00 bits per heavy atom. The second-order valence-corrected chi connectivity index (χ2v) is 6.10. The molecular weight excluding hydrogens is 346 g/mol. The summed E-state index contributed by atoms with van der Waals surface area (Å²) < 4.78 is 18.1. The molecule has 2 heterocycles. The molecule has 1 amide bonds. The minimum absolute atomic E-state index is 0.294. The number of para-hydroxylation sites is 1. The summed E-state index contributed by atoms with van der Waals surface area (Å²) in [6.45, 7) is 0.294. The Morgan fingerprint density at radius 3 is 2.78 bits per heavy atom. The van der Waals surface area contributed by atoms with E-state index in [9.17, 15) is 4.79 Å². The first-order valence-electron chi connectivity index (χ1n) is 8.44. The summed E-state index contributed by atoms with van der Waals surface area (Å²) in [5.41, 5.74) is 3.46. The van der Waals surface area contributed by atoms with E-state index in [4.69, 9.17) is 14.2 Å². The third kappa shape index (κ3) is 2.87. The maximum Gasteiger partial charge on any atom is 0.276 e. The Labute approximate surface area is 156 Å². The number of nitrogens with zero attached hydrogens (tertiary/aromatic N) is 2. The van der Waals surface area contributed by atoms with Gasteiger partial charge in [0.2, 0.25) is 0 Å². The highest BCUT2D eigenvalue weighted by atomic mass is 16.5. The Morgan fingerprint density at radius 1 is 1.19 bits per heavy atom. The molecule has 0 radical (unpaired) electrons. The summed E-state index contributed by atoms with van der Waals surface area (Å²) in [6, 6.07) is 12.9. The van der Waals surface area contributed by atoms with Gasteiger partial charge in [0.05, 0.1) is 25.6 Å². The average molecular weight is 365 g/mol. The zero-order chi connectivity index (χ0) is 19.0. The van der Waals surface area contributed by atoms with Crippen LogP contribution in [0.25, 0.3) is 11.3 Å². The molecule has 27 heavy (non-hydrogen) atoms. The molecular formula is C20H19N3O4. The van der Waals surface area contributed by atoms with E-state index in [0.717, 1.165) is 22.6 Å². The molecule has 2 aromatic carbocycles. The summed E-state index contributed by atoms with van der Waals surface area (Å²) in [5, 5.41) is 7.30. The van der Waals surface area contributed by atoms with E-state index in [2.05, 4.69) is 10.4 Å². The number of aromatic nitrogens is 2. The summed E-state index contributed by atoms with van der Waals surface area (Å²) in [6.07, 6.45) is 0. The molecule has 0 bridgehead atoms. The van der Waals surface area contributed by atoms with Crippen molar-refractivity contribution in [1.29, 1.82) is 0 Å². The lowest BCUT2D eigenvalue weighted by Crippen LogP contribution is -2.17. The molecule has 0 atom stereocenters. The van der Waals surface area contributed by atoms with Gasteiger partial charge in [0, 0.05) is 24.2 Å². The van der Waals surface area contributed by atoms with Gasteiger partial charge in [-0.25, -0.2) is 0 Å². The highest BCUT2D eigenvalue weighted by Gasteiger charge is 2.28. The van der Waals surface area contributed by atoms with Crippen molar-refractivity contribution < 1.29 is 19.0 Å². The molecule has 1 N–H and O–H groups in total. The zero-order valence-electron chi connectivity index (χ0n) is 15.3. The van der Waals surface area contributed by atoms with Crippen molar-refractivity contribution in [3.63, 3.8) is 0 Å². The molecule has 0 saturated carbocycles. The lowest BCUT2D eigenvalue weighted by atomic mass is 10.0. The van der Waals surface area contributed by atoms with Crippen molar-refractivity contribution in [2.75, 3.05) is 19.5 Å². The molecule has 7 nitrogen and oxygen atoms in total. The number of ether oxygens (including phenoxy) is 3. The molecule has 3 aromatic rings. The van der Waals surface area contributed by atoms with E-state index in [1.54, 1.807) is 30.0 Å². The van der Waals surface area contributed by atoms with Gasteiger partial charge in [-0.15, -0.1) is 0 Å². The van der Waals surface area contributed by atoms with Gasteiger partial charge in [0.1, 0.15) is 23.9 Å². The number of anilines is 1. The maximum absolute atomic E-state index is 12.9. The largest absolute Gasteiger partial charge is 0.497 e. The molecule has 4 rings (SSSR count). The highest BCUT2D eigenvalue weighted by Crippen LogP contribution is 2.38. The second-order valence-electron chi connectivity index (χ2n) is 6.10. The number of carbonyl (C=O) groups excluding carboxylic acids is 1. The van der Waals surface area contributed by atoms with Gasteiger partial charge in [0.25, 0.3) is 5.91 Å². The van der Waals surface area contributed by atoms with Crippen molar-refractivity contribution in [3.05, 3.63) is 53.7 Å². The number of aryl methyl sites for hydroxylation is 1. The molecule has 7 heteroatoms. The fourth-order valence-corrected chi connectivity index (χ4v) is 3.25. The van der Waals surface area contributed by atoms with Crippen molar-refractivity contribution in [2.24, 2.45) is 7.05 Å². The van der Waals surface area contributed by atoms with Crippen LogP contribution in [0.4, 0.5) is 5.69 Å². The number of methoxy groups -OCH3 is 2. The number of hydrogen-bond acceptors (Lipinski definition) is 5. The van der Waals surface area contributed by atoms with Gasteiger partial charge >= 0.3 is 0 Å². The average Bonchev–Trinajstić information content (AvgIpc) is 3.05. The second kappa shape index (κ2) is 6.68. The van der Waals surface area contributed by atoms with Crippen molar-refractivity contribution >= 4 is 11.6 Å². The first-order valence-corrected chi connectivity index (χ1v) is 8.44. The first kappa shape index (κ1) is 17.0. The third-order valence-corrected chi connectivity index (χ3v) is 4.53. The van der Waals surface area contributed by atoms with Crippen LogP contribution in [0.2, 0.25) is 0 Å². The van der Waals surface area contributed by atoms with Crippen molar-refractivity contribution in [3.8, 4) is 28.5 Å². The number of carbonyl (C=O) groups is 1. The SMILES string of the molecule is COc1ccc(NC(=O)c2nn(C)c3c2COc2ccccc2-3)c(OC)c1. The molecule has 0 fully saturated rings. The minimum Gasteiger partial charge on any atom is -0.497 e. The van der Waals surface area contributed by atoms with Crippen LogP contribution in [0.5, 0.6) is 17.2 Å². The van der Waals surface area contributed by atoms with Crippen LogP contribution < -0.4 is 19.5 Å². The van der Waals surface area contributed by atoms with E-state index in [-0.39, 0.29) is 5.91 Å². The van der Waals surface area contributed by atoms with Gasteiger partial charge in [-0.2, -0.15) is 5.10 Å². The number of benzene rings is 2. The number of nitrogens with one attached hydrogen (secondary N) is 1. The van der Waals surface area contributed by atoms with Gasteiger partial charge < -0.3 is 19.5 Å². The Kier molecular flexibility index (Phi) is 4.19. The minimum atomic E-state index is -0.321. The van der Waals surface area contributed by atoms with E-state index >= 15 is 0 Å². The maximum atomic E-state index is 12.9. The summed E-state index contributed by atoms with van der Waals surface area (Å²) in [4.78, 5) is 12.9. The lowest BCUT2D eigenvalue weighted by molar-refractivity contribution is 0.101. The van der Waals surface area contributed by atoms with Crippen LogP contribution in [-0.4, -0.2) is 29.9 Å². The topological polar surface area (TPSA) is 74.6 Å². The van der Waals surface area contributed by atoms with Crippen LogP contribution >= 0.6 is 0 Å². The van der Waals surface area contributed by atoms with E-state index in [1.165, 1.54) is 7.11 Å². The molecule has 1 aromatic heterocycles. The fourth-order valence-electron chi connectivity index (χ4n) is 3.25. The van der Waals surface area contributed by atoms with E-state index in [1.807, 2.05) is 31.3 Å². The number of fused-ring (bicyclic) bond motifs is 3. The molecule has 0 unspecified atom stereocenters. The van der Waals surface area contributed by atoms with Gasteiger partial charge in [-0.3, -0.25) is 9.48 Å². The fraction of sp³-hybridized carbons (Fsp3) is 0.200. The quantitative estimate of drug-likeness (QED) is 0.768. The molecule has 1 aliphatic rings. The van der Waals surface area contributed by atoms with Crippen LogP contribution in [0, 0.1) is 0 Å². The van der Waals surface area contributed by atoms with Crippen molar-refractivity contribution in [2.45, 2.75) is 6.61 Å². The Balaban J connectivity index is 1.69. The normalized spacial score (nSPS) is 11.8. The molecule has 0 aliphatic carbocycles. The standard InChI is InChI=1S/C20H19N3O4/c1-23-19-13-6-4-5-7-16(13)27-11-14(19)18(22-23)20(24)21-15-9-8-12(25-2)10-17(15)26-3/h4-10H,11H2,1-3H3,(H,21,24). The van der Waals surface area contributed by atoms with E-state index < -0.39 is 0 Å². The van der Waals surface area contributed by atoms with E-state index in [0.29, 0.717) is 29.5 Å². The zero-order valence-corrected chi connectivity index (χ0v) is 15.3. The Bertz CT molecular complexity index is 1030. The van der Waals surface area contributed by atoms with Crippen LogP contribution in [0.15, 0.2) is 42.5 Å². The summed E-state index contributed by atoms with van der Waals surface area (Å²) in [5.74, 6) is 1.62. The number of hydrogen-bond donors (Lipinski definition) is 1. The lowest BCUT2D eigenvalue weighted by Gasteiger charge is -2.18. The molecule has 0 saturated heterocycles. The third-order valence-electron chi connectivity index (χ3n) is 4.53. The summed E-state index contributed by atoms with van der Waals surface area (Å²) >= 11 is 0. The van der Waals surface area contributed by atoms with Gasteiger partial charge in [-0.1, -0.05) is 12.1 Å². The van der Waals surface area contributed by atoms with Crippen LogP contribution in [0.3, 0.4) is 0 Å². The van der Waals surface area contributed by atoms with Crippen LogP contribution in [-0.2, 0) is 13.7 Å². The Hall–Kier alpha value is -3.48. The monoisotopic (exact) mass is 365 g/mol. The van der Waals surface area contributed by atoms with Gasteiger partial charge in [-0.05, 0) is 24.3 Å². The highest BCUT2D eigenvalue weighted by molar-refractivity contribution is 6.06. The molecule has 138 valence electrons. The van der Waals surface area contributed by atoms with Gasteiger partial charge in [0.15, 0.2) is 5.69 Å². The number of amides is 1. The number of rotatable bonds is 4. The predicted molar refractivity (Wildman–Crippen MR) is 100 cm³/mol. The predicted octanol–water partition coefficient (Wildman–Crippen LogP) is 3.25. The van der Waals surface area contributed by atoms with Crippen LogP contribution in [0.1, 0.15) is 16.1 Å². The molecule has 0 spiro atoms. The molecule has 1 aliphatic heterocycles. The summed E-state index contributed by atoms with van der Waals surface area (Å²) in [7, 11) is 4.94. The smallest absolute Gasteiger partial charge is 0.276 e. The first-order chi connectivity index (χ1) is 13.1. The van der Waals surface area contributed by atoms with Crippen molar-refractivity contribution in [1.82, 2.24) is 9.78 Å².